The van der Waals surface area contributed by atoms with E-state index in [1.165, 1.54) is 6.08 Å². The Balaban J connectivity index is 3.53. The summed E-state index contributed by atoms with van der Waals surface area (Å²) in [5.41, 5.74) is 0. The van der Waals surface area contributed by atoms with Crippen molar-refractivity contribution in [2.75, 3.05) is 6.54 Å². The highest BCUT2D eigenvalue weighted by Crippen LogP contribution is 1.86. The fraction of sp³-hybridized carbons (Fsp3) is 0.500. The number of hydrogen-bond acceptors (Lipinski definition) is 2. The second-order valence-electron chi connectivity index (χ2n) is 2.71. The molecule has 0 spiro atoms. The summed E-state index contributed by atoms with van der Waals surface area (Å²) in [6.07, 6.45) is 4.25. The van der Waals surface area contributed by atoms with Crippen LogP contribution in [0, 0.1) is 16.7 Å². The number of allylic oxidation sites excluding steroid dienone is 1. The maximum absolute atomic E-state index is 7.28. The largest absolute Gasteiger partial charge is 0.370 e. The van der Waals surface area contributed by atoms with E-state index in [4.69, 9.17) is 10.8 Å². The van der Waals surface area contributed by atoms with Crippen molar-refractivity contribution in [3.8, 4) is 0 Å². The van der Waals surface area contributed by atoms with Crippen LogP contribution >= 0.6 is 0 Å². The summed E-state index contributed by atoms with van der Waals surface area (Å²) in [5, 5.41) is 16.9. The van der Waals surface area contributed by atoms with Crippen molar-refractivity contribution in [3.63, 3.8) is 0 Å². The van der Waals surface area contributed by atoms with Gasteiger partial charge in [0.2, 0.25) is 0 Å². The van der Waals surface area contributed by atoms with Gasteiger partial charge in [0.25, 0.3) is 0 Å². The fourth-order valence-electron chi connectivity index (χ4n) is 0.517. The molecule has 3 N–H and O–H groups in total. The second kappa shape index (κ2) is 5.65. The molecule has 0 heterocycles. The maximum atomic E-state index is 7.28. The Hall–Kier alpha value is -1.12. The van der Waals surface area contributed by atoms with E-state index in [-0.39, 0.29) is 0 Å². The van der Waals surface area contributed by atoms with Gasteiger partial charge in [0, 0.05) is 12.8 Å². The molecule has 0 atom stereocenters. The third-order valence-corrected chi connectivity index (χ3v) is 1.06. The third kappa shape index (κ3) is 6.77. The van der Waals surface area contributed by atoms with Gasteiger partial charge >= 0.3 is 0 Å². The van der Waals surface area contributed by atoms with Crippen molar-refractivity contribution in [1.29, 1.82) is 10.8 Å². The molecule has 0 aliphatic heterocycles. The zero-order chi connectivity index (χ0) is 8.69. The minimum absolute atomic E-state index is 0.363. The van der Waals surface area contributed by atoms with Crippen molar-refractivity contribution < 1.29 is 0 Å². The van der Waals surface area contributed by atoms with Crippen LogP contribution in [0.3, 0.4) is 0 Å². The molecular weight excluding hydrogens is 138 g/mol. The molecule has 0 amide bonds. The molecule has 0 aromatic carbocycles. The summed E-state index contributed by atoms with van der Waals surface area (Å²) in [6.45, 7) is 4.97. The van der Waals surface area contributed by atoms with Gasteiger partial charge in [0.1, 0.15) is 5.84 Å². The van der Waals surface area contributed by atoms with E-state index in [1.807, 2.05) is 0 Å². The monoisotopic (exact) mass is 153 g/mol. The van der Waals surface area contributed by atoms with Gasteiger partial charge in [-0.05, 0) is 18.1 Å². The molecule has 0 aromatic rings. The first kappa shape index (κ1) is 9.88. The average Bonchev–Trinajstić information content (AvgIpc) is 1.97. The van der Waals surface area contributed by atoms with Gasteiger partial charge in [-0.25, -0.2) is 0 Å². The van der Waals surface area contributed by atoms with Crippen LogP contribution in [0.1, 0.15) is 13.8 Å². The van der Waals surface area contributed by atoms with Crippen molar-refractivity contribution in [1.82, 2.24) is 5.32 Å². The van der Waals surface area contributed by atoms with E-state index < -0.39 is 0 Å². The highest BCUT2D eigenvalue weighted by molar-refractivity contribution is 5.93. The van der Waals surface area contributed by atoms with E-state index in [9.17, 15) is 0 Å². The Morgan fingerprint density at radius 3 is 2.64 bits per heavy atom. The first-order valence-electron chi connectivity index (χ1n) is 3.66. The van der Waals surface area contributed by atoms with Crippen molar-refractivity contribution in [3.05, 3.63) is 12.2 Å². The quantitative estimate of drug-likeness (QED) is 0.415. The van der Waals surface area contributed by atoms with Gasteiger partial charge in [0.05, 0.1) is 0 Å². The van der Waals surface area contributed by atoms with E-state index >= 15 is 0 Å². The molecule has 3 heteroatoms. The van der Waals surface area contributed by atoms with Gasteiger partial charge in [-0.1, -0.05) is 13.8 Å². The number of rotatable bonds is 4. The zero-order valence-corrected chi connectivity index (χ0v) is 7.02. The molecule has 0 aliphatic rings. The fourth-order valence-corrected chi connectivity index (χ4v) is 0.517. The van der Waals surface area contributed by atoms with Gasteiger partial charge < -0.3 is 10.7 Å². The van der Waals surface area contributed by atoms with E-state index in [1.54, 1.807) is 6.08 Å². The van der Waals surface area contributed by atoms with Crippen molar-refractivity contribution in [2.24, 2.45) is 5.92 Å². The summed E-state index contributed by atoms with van der Waals surface area (Å²) in [4.78, 5) is 0. The highest BCUT2D eigenvalue weighted by Gasteiger charge is 1.92. The molecule has 11 heavy (non-hydrogen) atoms. The Labute approximate surface area is 67.5 Å². The lowest BCUT2D eigenvalue weighted by Gasteiger charge is -2.05. The molecule has 0 aliphatic carbocycles. The Bertz CT molecular complexity index is 159. The number of hydrogen-bond donors (Lipinski definition) is 3. The molecule has 0 unspecified atom stereocenters. The molecule has 0 radical (unpaired) electrons. The first-order chi connectivity index (χ1) is 5.16. The van der Waals surface area contributed by atoms with Crippen LogP contribution < -0.4 is 5.32 Å². The Kier molecular flexibility index (Phi) is 5.07. The SMILES string of the molecule is CC(C)CNC(=N)/C=C\C=N. The minimum Gasteiger partial charge on any atom is -0.370 e. The van der Waals surface area contributed by atoms with Gasteiger partial charge in [-0.2, -0.15) is 0 Å². The summed E-state index contributed by atoms with van der Waals surface area (Å²) >= 11 is 0. The maximum Gasteiger partial charge on any atom is 0.118 e. The lowest BCUT2D eigenvalue weighted by atomic mass is 10.2. The summed E-state index contributed by atoms with van der Waals surface area (Å²) in [5.74, 6) is 0.908. The molecular formula is C8H15N3. The predicted octanol–water partition coefficient (Wildman–Crippen LogP) is 1.42. The Morgan fingerprint density at radius 2 is 2.18 bits per heavy atom. The Morgan fingerprint density at radius 1 is 1.55 bits per heavy atom. The lowest BCUT2D eigenvalue weighted by molar-refractivity contribution is 0.624. The van der Waals surface area contributed by atoms with E-state index in [0.717, 1.165) is 12.8 Å². The van der Waals surface area contributed by atoms with Crippen LogP contribution in [-0.2, 0) is 0 Å². The summed E-state index contributed by atoms with van der Waals surface area (Å²) in [7, 11) is 0. The van der Waals surface area contributed by atoms with Gasteiger partial charge in [-0.15, -0.1) is 0 Å². The lowest BCUT2D eigenvalue weighted by Crippen LogP contribution is -2.24. The van der Waals surface area contributed by atoms with E-state index in [2.05, 4.69) is 19.2 Å². The predicted molar refractivity (Wildman–Crippen MR) is 48.5 cm³/mol. The van der Waals surface area contributed by atoms with Gasteiger partial charge in [-0.3, -0.25) is 5.41 Å². The first-order valence-corrected chi connectivity index (χ1v) is 3.66. The summed E-state index contributed by atoms with van der Waals surface area (Å²) < 4.78 is 0. The number of amidine groups is 1. The van der Waals surface area contributed by atoms with Crippen LogP contribution in [0.4, 0.5) is 0 Å². The molecule has 0 saturated carbocycles. The zero-order valence-electron chi connectivity index (χ0n) is 7.02. The normalized spacial score (nSPS) is 10.5. The van der Waals surface area contributed by atoms with E-state index in [0.29, 0.717) is 11.8 Å². The van der Waals surface area contributed by atoms with Crippen molar-refractivity contribution >= 4 is 12.1 Å². The molecule has 3 nitrogen and oxygen atoms in total. The van der Waals surface area contributed by atoms with Crippen molar-refractivity contribution in [2.45, 2.75) is 13.8 Å². The highest BCUT2D eigenvalue weighted by atomic mass is 14.9. The van der Waals surface area contributed by atoms with Crippen LogP contribution in [0.2, 0.25) is 0 Å². The number of nitrogens with one attached hydrogen (secondary N) is 3. The van der Waals surface area contributed by atoms with Crippen LogP contribution in [0.25, 0.3) is 0 Å². The van der Waals surface area contributed by atoms with Gasteiger partial charge in [0.15, 0.2) is 0 Å². The van der Waals surface area contributed by atoms with Crippen LogP contribution in [0.15, 0.2) is 12.2 Å². The smallest absolute Gasteiger partial charge is 0.118 e. The average molecular weight is 153 g/mol. The minimum atomic E-state index is 0.363. The van der Waals surface area contributed by atoms with Crippen LogP contribution in [-0.4, -0.2) is 18.6 Å². The standard InChI is InChI=1S/C8H15N3/c1-7(2)6-11-8(10)4-3-5-9/h3-5,7,9H,6H2,1-2H3,(H2,10,11)/b4-3-,9-5?. The van der Waals surface area contributed by atoms with Crippen LogP contribution in [0.5, 0.6) is 0 Å². The topological polar surface area (TPSA) is 59.7 Å². The molecule has 62 valence electrons. The molecule has 0 saturated heterocycles. The third-order valence-electron chi connectivity index (χ3n) is 1.06. The molecule has 0 fully saturated rings. The molecule has 0 bridgehead atoms. The summed E-state index contributed by atoms with van der Waals surface area (Å²) in [6, 6.07) is 0. The molecule has 0 rings (SSSR count). The second-order valence-corrected chi connectivity index (χ2v) is 2.71. The molecule has 0 aromatic heterocycles.